The van der Waals surface area contributed by atoms with Gasteiger partial charge in [0.15, 0.2) is 0 Å². The number of rotatable bonds is 3. The van der Waals surface area contributed by atoms with Crippen LogP contribution in [-0.4, -0.2) is 15.0 Å². The van der Waals surface area contributed by atoms with E-state index >= 15 is 0 Å². The molecule has 0 spiro atoms. The second kappa shape index (κ2) is 4.49. The van der Waals surface area contributed by atoms with Crippen molar-refractivity contribution in [1.29, 1.82) is 0 Å². The van der Waals surface area contributed by atoms with Gasteiger partial charge < -0.3 is 0 Å². The van der Waals surface area contributed by atoms with Gasteiger partial charge in [-0.3, -0.25) is 0 Å². The minimum Gasteiger partial charge on any atom is -0.211 e. The van der Waals surface area contributed by atoms with Crippen LogP contribution < -0.4 is 4.72 Å². The van der Waals surface area contributed by atoms with Crippen molar-refractivity contribution in [3.63, 3.8) is 0 Å². The van der Waals surface area contributed by atoms with Gasteiger partial charge in [0.2, 0.25) is 10.0 Å². The second-order valence-corrected chi connectivity index (χ2v) is 5.16. The highest BCUT2D eigenvalue weighted by atomic mass is 35.5. The maximum absolute atomic E-state index is 11.6. The molecule has 0 heterocycles. The molecule has 6 heteroatoms. The van der Waals surface area contributed by atoms with E-state index in [1.165, 1.54) is 18.2 Å². The van der Waals surface area contributed by atoms with E-state index in [2.05, 4.69) is 4.72 Å². The summed E-state index contributed by atoms with van der Waals surface area (Å²) in [5.41, 5.74) is 0. The molecule has 1 rings (SSSR count). The molecule has 0 saturated carbocycles. The normalized spacial score (nSPS) is 11.6. The highest BCUT2D eigenvalue weighted by Crippen LogP contribution is 2.24. The minimum atomic E-state index is -3.53. The average Bonchev–Trinajstić information content (AvgIpc) is 2.09. The quantitative estimate of drug-likeness (QED) is 0.899. The Labute approximate surface area is 93.1 Å². The van der Waals surface area contributed by atoms with Crippen LogP contribution >= 0.6 is 23.2 Å². The Bertz CT molecular complexity index is 431. The lowest BCUT2D eigenvalue weighted by Crippen LogP contribution is -2.23. The summed E-state index contributed by atoms with van der Waals surface area (Å²) >= 11 is 11.4. The molecule has 0 aromatic heterocycles. The third-order valence-corrected chi connectivity index (χ3v) is 3.78. The molecule has 0 aliphatic carbocycles. The van der Waals surface area contributed by atoms with E-state index in [4.69, 9.17) is 23.2 Å². The van der Waals surface area contributed by atoms with Crippen LogP contribution in [0.2, 0.25) is 10.0 Å². The van der Waals surface area contributed by atoms with Crippen LogP contribution in [0.15, 0.2) is 23.1 Å². The van der Waals surface area contributed by atoms with Crippen LogP contribution in [0.5, 0.6) is 0 Å². The summed E-state index contributed by atoms with van der Waals surface area (Å²) < 4.78 is 25.4. The number of sulfonamides is 1. The van der Waals surface area contributed by atoms with Gasteiger partial charge in [0.05, 0.1) is 5.02 Å². The molecule has 0 amide bonds. The Kier molecular flexibility index (Phi) is 3.78. The van der Waals surface area contributed by atoms with Crippen LogP contribution in [0.25, 0.3) is 0 Å². The highest BCUT2D eigenvalue weighted by molar-refractivity contribution is 7.89. The zero-order valence-electron chi connectivity index (χ0n) is 7.42. The van der Waals surface area contributed by atoms with Crippen molar-refractivity contribution in [1.82, 2.24) is 4.72 Å². The Morgan fingerprint density at radius 3 is 2.57 bits per heavy atom. The number of nitrogens with one attached hydrogen (secondary N) is 1. The van der Waals surface area contributed by atoms with Crippen LogP contribution in [-0.2, 0) is 10.0 Å². The predicted octanol–water partition coefficient (Wildman–Crippen LogP) is 2.29. The number of hydrogen-bond acceptors (Lipinski definition) is 2. The summed E-state index contributed by atoms with van der Waals surface area (Å²) in [7, 11) is -3.53. The smallest absolute Gasteiger partial charge is 0.211 e. The molecule has 1 N–H and O–H groups in total. The van der Waals surface area contributed by atoms with Gasteiger partial charge in [0.25, 0.3) is 0 Å². The molecular weight excluding hydrogens is 245 g/mol. The maximum Gasteiger partial charge on any atom is 0.242 e. The van der Waals surface area contributed by atoms with Crippen molar-refractivity contribution >= 4 is 33.2 Å². The fourth-order valence-corrected chi connectivity index (χ4v) is 2.75. The fraction of sp³-hybridized carbons (Fsp3) is 0.250. The largest absolute Gasteiger partial charge is 0.242 e. The first-order chi connectivity index (χ1) is 6.47. The monoisotopic (exact) mass is 253 g/mol. The van der Waals surface area contributed by atoms with Crippen LogP contribution in [0.3, 0.4) is 0 Å². The van der Waals surface area contributed by atoms with Gasteiger partial charge >= 0.3 is 0 Å². The Morgan fingerprint density at radius 1 is 1.36 bits per heavy atom. The maximum atomic E-state index is 11.6. The van der Waals surface area contributed by atoms with Gasteiger partial charge in [0, 0.05) is 11.6 Å². The summed E-state index contributed by atoms with van der Waals surface area (Å²) in [6, 6.07) is 4.31. The standard InChI is InChI=1S/C8H9Cl2NO2S/c1-2-11-14(12,13)8-5-6(9)3-4-7(8)10/h3-5,11H,2H2,1H3. The minimum absolute atomic E-state index is 0.00789. The molecule has 0 atom stereocenters. The molecule has 0 bridgehead atoms. The summed E-state index contributed by atoms with van der Waals surface area (Å²) in [4.78, 5) is 0.00789. The average molecular weight is 254 g/mol. The first kappa shape index (κ1) is 11.8. The number of halogens is 2. The van der Waals surface area contributed by atoms with Crippen LogP contribution in [0.1, 0.15) is 6.92 Å². The molecule has 14 heavy (non-hydrogen) atoms. The van der Waals surface area contributed by atoms with Crippen molar-refractivity contribution in [3.8, 4) is 0 Å². The van der Waals surface area contributed by atoms with Gasteiger partial charge in [-0.05, 0) is 18.2 Å². The lowest BCUT2D eigenvalue weighted by atomic mass is 10.4. The van der Waals surface area contributed by atoms with E-state index in [0.29, 0.717) is 11.6 Å². The van der Waals surface area contributed by atoms with Crippen molar-refractivity contribution in [2.75, 3.05) is 6.54 Å². The Morgan fingerprint density at radius 2 is 2.00 bits per heavy atom. The predicted molar refractivity (Wildman–Crippen MR) is 57.3 cm³/mol. The van der Waals surface area contributed by atoms with Gasteiger partial charge in [-0.25, -0.2) is 13.1 Å². The molecule has 0 radical (unpaired) electrons. The Hall–Kier alpha value is -0.290. The lowest BCUT2D eigenvalue weighted by molar-refractivity contribution is 0.584. The molecule has 0 aliphatic heterocycles. The summed E-state index contributed by atoms with van der Waals surface area (Å²) in [6.45, 7) is 2.00. The van der Waals surface area contributed by atoms with Crippen molar-refractivity contribution in [2.24, 2.45) is 0 Å². The fourth-order valence-electron chi connectivity index (χ4n) is 0.951. The van der Waals surface area contributed by atoms with Crippen LogP contribution in [0, 0.1) is 0 Å². The summed E-state index contributed by atoms with van der Waals surface area (Å²) in [5, 5.41) is 0.501. The van der Waals surface area contributed by atoms with Crippen molar-refractivity contribution in [3.05, 3.63) is 28.2 Å². The van der Waals surface area contributed by atoms with E-state index < -0.39 is 10.0 Å². The first-order valence-electron chi connectivity index (χ1n) is 3.92. The van der Waals surface area contributed by atoms with Crippen molar-refractivity contribution < 1.29 is 8.42 Å². The Balaban J connectivity index is 3.25. The second-order valence-electron chi connectivity index (χ2n) is 2.58. The van der Waals surface area contributed by atoms with Gasteiger partial charge in [-0.15, -0.1) is 0 Å². The SMILES string of the molecule is CCNS(=O)(=O)c1cc(Cl)ccc1Cl. The van der Waals surface area contributed by atoms with Crippen molar-refractivity contribution in [2.45, 2.75) is 11.8 Å². The number of hydrogen-bond donors (Lipinski definition) is 1. The molecule has 0 unspecified atom stereocenters. The van der Waals surface area contributed by atoms with Gasteiger partial charge in [0.1, 0.15) is 4.90 Å². The topological polar surface area (TPSA) is 46.2 Å². The van der Waals surface area contributed by atoms with Crippen LogP contribution in [0.4, 0.5) is 0 Å². The molecule has 78 valence electrons. The molecule has 3 nitrogen and oxygen atoms in total. The molecule has 0 fully saturated rings. The first-order valence-corrected chi connectivity index (χ1v) is 6.16. The molecule has 1 aromatic rings. The molecular formula is C8H9Cl2NO2S. The van der Waals surface area contributed by atoms with E-state index in [1.807, 2.05) is 0 Å². The van der Waals surface area contributed by atoms with Gasteiger partial charge in [-0.2, -0.15) is 0 Å². The van der Waals surface area contributed by atoms with E-state index in [0.717, 1.165) is 0 Å². The van der Waals surface area contributed by atoms with Gasteiger partial charge in [-0.1, -0.05) is 30.1 Å². The lowest BCUT2D eigenvalue weighted by Gasteiger charge is -2.06. The van der Waals surface area contributed by atoms with E-state index in [9.17, 15) is 8.42 Å². The zero-order valence-corrected chi connectivity index (χ0v) is 9.75. The van der Waals surface area contributed by atoms with E-state index in [1.54, 1.807) is 6.92 Å². The summed E-state index contributed by atoms with van der Waals surface area (Å²) in [6.07, 6.45) is 0. The van der Waals surface area contributed by atoms with E-state index in [-0.39, 0.29) is 9.92 Å². The molecule has 0 aliphatic rings. The third kappa shape index (κ3) is 2.60. The summed E-state index contributed by atoms with van der Waals surface area (Å²) in [5.74, 6) is 0. The zero-order chi connectivity index (χ0) is 10.8. The highest BCUT2D eigenvalue weighted by Gasteiger charge is 2.16. The third-order valence-electron chi connectivity index (χ3n) is 1.52. The number of benzene rings is 1. The molecule has 1 aromatic carbocycles. The molecule has 0 saturated heterocycles.